The van der Waals surface area contributed by atoms with Crippen molar-refractivity contribution >= 4 is 17.7 Å². The maximum absolute atomic E-state index is 6.90. The van der Waals surface area contributed by atoms with Gasteiger partial charge in [0.1, 0.15) is 11.6 Å². The lowest BCUT2D eigenvalue weighted by Crippen LogP contribution is -2.45. The normalized spacial score (nSPS) is 22.8. The van der Waals surface area contributed by atoms with Crippen molar-refractivity contribution < 1.29 is 9.47 Å². The van der Waals surface area contributed by atoms with Crippen molar-refractivity contribution in [3.8, 4) is 17.1 Å². The van der Waals surface area contributed by atoms with Crippen molar-refractivity contribution in [3.63, 3.8) is 0 Å². The second kappa shape index (κ2) is 9.18. The van der Waals surface area contributed by atoms with Crippen LogP contribution in [0.2, 0.25) is 0 Å². The largest absolute Gasteiger partial charge is 0.493 e. The molecule has 0 bridgehead atoms. The Morgan fingerprint density at radius 1 is 1.25 bits per heavy atom. The predicted molar refractivity (Wildman–Crippen MR) is 140 cm³/mol. The second-order valence-corrected chi connectivity index (χ2v) is 9.97. The number of rotatable bonds is 7. The Bertz CT molecular complexity index is 1310. The zero-order valence-corrected chi connectivity index (χ0v) is 21.6. The molecule has 4 heterocycles. The van der Waals surface area contributed by atoms with Crippen molar-refractivity contribution in [2.24, 2.45) is 23.2 Å². The average Bonchev–Trinajstić information content (AvgIpc) is 3.43. The van der Waals surface area contributed by atoms with E-state index < -0.39 is 5.79 Å². The molecule has 36 heavy (non-hydrogen) atoms. The van der Waals surface area contributed by atoms with E-state index in [0.717, 1.165) is 71.7 Å². The fourth-order valence-electron chi connectivity index (χ4n) is 4.65. The number of ether oxygens (including phenoxy) is 2. The molecule has 190 valence electrons. The fraction of sp³-hybridized carbons (Fsp3) is 0.462. The van der Waals surface area contributed by atoms with E-state index in [9.17, 15) is 0 Å². The first-order valence-electron chi connectivity index (χ1n) is 12.3. The molecule has 1 aromatic carbocycles. The van der Waals surface area contributed by atoms with Gasteiger partial charge in [-0.1, -0.05) is 13.0 Å². The van der Waals surface area contributed by atoms with Gasteiger partial charge in [0.05, 0.1) is 24.5 Å². The van der Waals surface area contributed by atoms with E-state index in [1.54, 1.807) is 0 Å². The van der Waals surface area contributed by atoms with Gasteiger partial charge < -0.3 is 24.7 Å². The number of anilines is 2. The van der Waals surface area contributed by atoms with Crippen molar-refractivity contribution in [1.29, 1.82) is 0 Å². The number of hydrogen-bond donors (Lipinski definition) is 3. The minimum atomic E-state index is -1.24. The van der Waals surface area contributed by atoms with E-state index >= 15 is 0 Å². The van der Waals surface area contributed by atoms with Crippen LogP contribution < -0.4 is 21.1 Å². The molecule has 0 amide bonds. The van der Waals surface area contributed by atoms with Crippen LogP contribution in [0.1, 0.15) is 42.9 Å². The Morgan fingerprint density at radius 3 is 2.78 bits per heavy atom. The third-order valence-corrected chi connectivity index (χ3v) is 6.93. The third kappa shape index (κ3) is 4.42. The summed E-state index contributed by atoms with van der Waals surface area (Å²) in [7, 11) is 1.94. The van der Waals surface area contributed by atoms with Crippen LogP contribution in [0.25, 0.3) is 11.4 Å². The molecular formula is C26H34N8O2. The minimum absolute atomic E-state index is 0.0665. The van der Waals surface area contributed by atoms with Crippen molar-refractivity contribution in [2.75, 3.05) is 37.0 Å². The fourth-order valence-corrected chi connectivity index (χ4v) is 4.65. The zero-order valence-electron chi connectivity index (χ0n) is 21.6. The van der Waals surface area contributed by atoms with Gasteiger partial charge in [0, 0.05) is 48.6 Å². The summed E-state index contributed by atoms with van der Waals surface area (Å²) in [5.74, 6) is 1.74. The Morgan fingerprint density at radius 2 is 2.08 bits per heavy atom. The molecule has 10 heteroatoms. The molecule has 1 fully saturated rings. The first-order chi connectivity index (χ1) is 17.2. The number of aliphatic imine (C=N–C) groups is 1. The molecule has 2 unspecified atom stereocenters. The number of aryl methyl sites for hydroxylation is 2. The van der Waals surface area contributed by atoms with Gasteiger partial charge in [-0.05, 0) is 45.4 Å². The summed E-state index contributed by atoms with van der Waals surface area (Å²) in [6, 6.07) is 7.85. The highest BCUT2D eigenvalue weighted by atomic mass is 16.5. The van der Waals surface area contributed by atoms with Crippen molar-refractivity contribution in [1.82, 2.24) is 19.7 Å². The molecule has 2 aromatic heterocycles. The van der Waals surface area contributed by atoms with Gasteiger partial charge >= 0.3 is 0 Å². The molecule has 1 saturated heterocycles. The van der Waals surface area contributed by atoms with Crippen LogP contribution in [0.15, 0.2) is 29.3 Å². The number of fused-ring (bicyclic) bond motifs is 1. The molecule has 0 spiro atoms. The number of aromatic nitrogens is 4. The van der Waals surface area contributed by atoms with Gasteiger partial charge in [0.15, 0.2) is 11.6 Å². The van der Waals surface area contributed by atoms with Gasteiger partial charge in [-0.3, -0.25) is 5.73 Å². The van der Waals surface area contributed by atoms with E-state index in [4.69, 9.17) is 25.2 Å². The summed E-state index contributed by atoms with van der Waals surface area (Å²) in [4.78, 5) is 9.51. The number of nitrogens with two attached hydrogens (primary N) is 1. The van der Waals surface area contributed by atoms with E-state index in [1.807, 2.05) is 62.9 Å². The molecule has 5 rings (SSSR count). The van der Waals surface area contributed by atoms with Gasteiger partial charge in [-0.2, -0.15) is 0 Å². The Balaban J connectivity index is 1.50. The maximum atomic E-state index is 6.90. The number of hydrogen-bond acceptors (Lipinski definition) is 9. The number of nitrogens with zero attached hydrogens (tertiary/aromatic N) is 5. The summed E-state index contributed by atoms with van der Waals surface area (Å²) in [5, 5.41) is 15.5. The van der Waals surface area contributed by atoms with Crippen LogP contribution >= 0.6 is 0 Å². The molecule has 0 radical (unpaired) electrons. The quantitative estimate of drug-likeness (QED) is 0.461. The highest BCUT2D eigenvalue weighted by molar-refractivity contribution is 5.94. The molecule has 4 N–H and O–H groups in total. The topological polar surface area (TPSA) is 125 Å². The summed E-state index contributed by atoms with van der Waals surface area (Å²) >= 11 is 0. The van der Waals surface area contributed by atoms with Crippen LogP contribution in [-0.4, -0.2) is 52.3 Å². The molecule has 10 nitrogen and oxygen atoms in total. The molecule has 2 atom stereocenters. The maximum Gasteiger partial charge on any atom is 0.212 e. The van der Waals surface area contributed by atoms with Gasteiger partial charge in [-0.15, -0.1) is 10.2 Å². The number of pyridine rings is 1. The third-order valence-electron chi connectivity index (χ3n) is 6.93. The minimum Gasteiger partial charge on any atom is -0.493 e. The SMILES string of the molecule is CCOc1cc(-c2nnc(C)n2C)ccc1C1(N)N=Cc2cc(C)nc(NCC3(C)CCOC3)c2N1. The van der Waals surface area contributed by atoms with Gasteiger partial charge in [0.25, 0.3) is 0 Å². The zero-order chi connectivity index (χ0) is 25.5. The summed E-state index contributed by atoms with van der Waals surface area (Å²) in [6.45, 7) is 10.8. The monoisotopic (exact) mass is 490 g/mol. The van der Waals surface area contributed by atoms with Gasteiger partial charge in [-0.25, -0.2) is 9.98 Å². The van der Waals surface area contributed by atoms with Crippen molar-refractivity contribution in [2.45, 2.75) is 39.9 Å². The van der Waals surface area contributed by atoms with Crippen LogP contribution in [0.5, 0.6) is 5.75 Å². The summed E-state index contributed by atoms with van der Waals surface area (Å²) in [6.07, 6.45) is 2.82. The van der Waals surface area contributed by atoms with Crippen LogP contribution in [0, 0.1) is 19.3 Å². The Hall–Kier alpha value is -3.50. The van der Waals surface area contributed by atoms with E-state index in [-0.39, 0.29) is 5.41 Å². The first-order valence-corrected chi connectivity index (χ1v) is 12.3. The lowest BCUT2D eigenvalue weighted by Gasteiger charge is -2.34. The molecular weight excluding hydrogens is 456 g/mol. The predicted octanol–water partition coefficient (Wildman–Crippen LogP) is 3.34. The first kappa shape index (κ1) is 24.2. The van der Waals surface area contributed by atoms with Gasteiger partial charge in [0.2, 0.25) is 5.79 Å². The van der Waals surface area contributed by atoms with Crippen LogP contribution in [0.3, 0.4) is 0 Å². The lowest BCUT2D eigenvalue weighted by atomic mass is 9.90. The molecule has 3 aromatic rings. The molecule has 0 aliphatic carbocycles. The van der Waals surface area contributed by atoms with E-state index in [2.05, 4.69) is 27.8 Å². The molecule has 2 aliphatic rings. The van der Waals surface area contributed by atoms with Crippen molar-refractivity contribution in [3.05, 3.63) is 46.9 Å². The smallest absolute Gasteiger partial charge is 0.212 e. The van der Waals surface area contributed by atoms with E-state index in [0.29, 0.717) is 12.4 Å². The Kier molecular flexibility index (Phi) is 6.17. The number of benzene rings is 1. The molecule has 2 aliphatic heterocycles. The summed E-state index contributed by atoms with van der Waals surface area (Å²) in [5.41, 5.74) is 11.2. The van der Waals surface area contributed by atoms with Crippen LogP contribution in [-0.2, 0) is 17.6 Å². The average molecular weight is 491 g/mol. The second-order valence-electron chi connectivity index (χ2n) is 9.97. The summed E-state index contributed by atoms with van der Waals surface area (Å²) < 4.78 is 13.6. The standard InChI is InChI=1S/C26H34N8O2/c1-6-36-21-12-18(24-33-32-17(3)34(24)5)7-8-20(21)26(27)29-13-19-11-16(2)30-23(22(19)31-26)28-14-25(4)9-10-35-15-25/h7-8,11-13,31H,6,9-10,14-15,27H2,1-5H3,(H,28,30). The molecule has 0 saturated carbocycles. The lowest BCUT2D eigenvalue weighted by molar-refractivity contribution is 0.164. The number of nitrogens with one attached hydrogen (secondary N) is 2. The van der Waals surface area contributed by atoms with Crippen LogP contribution in [0.4, 0.5) is 11.5 Å². The highest BCUT2D eigenvalue weighted by Gasteiger charge is 2.35. The highest BCUT2D eigenvalue weighted by Crippen LogP contribution is 2.39. The Labute approximate surface area is 211 Å². The van der Waals surface area contributed by atoms with E-state index in [1.165, 1.54) is 0 Å².